The molecule has 2 N–H and O–H groups in total. The molecule has 0 unspecified atom stereocenters. The quantitative estimate of drug-likeness (QED) is 0.204. The lowest BCUT2D eigenvalue weighted by atomic mass is 10.1. The Morgan fingerprint density at radius 1 is 0.938 bits per heavy atom. The highest BCUT2D eigenvalue weighted by Crippen LogP contribution is 2.15. The minimum absolute atomic E-state index is 0.166. The monoisotopic (exact) mass is 433 g/mol. The molecular formula is C24H20FN3O4. The summed E-state index contributed by atoms with van der Waals surface area (Å²) >= 11 is 0. The van der Waals surface area contributed by atoms with Gasteiger partial charge in [0.25, 0.3) is 0 Å². The minimum atomic E-state index is -0.920. The van der Waals surface area contributed by atoms with Crippen molar-refractivity contribution in [3.05, 3.63) is 95.3 Å². The Hall–Kier alpha value is -4.33. The van der Waals surface area contributed by atoms with Crippen LogP contribution in [0.1, 0.15) is 28.4 Å². The van der Waals surface area contributed by atoms with E-state index in [2.05, 4.69) is 15.8 Å². The maximum Gasteiger partial charge on any atom is 0.346 e. The van der Waals surface area contributed by atoms with Gasteiger partial charge in [-0.25, -0.2) is 14.6 Å². The number of benzene rings is 3. The number of aryl methyl sites for hydroxylation is 1. The average Bonchev–Trinajstić information content (AvgIpc) is 2.80. The van der Waals surface area contributed by atoms with Crippen molar-refractivity contribution in [1.29, 1.82) is 0 Å². The largest absolute Gasteiger partial charge is 0.423 e. The number of anilines is 1. The zero-order valence-electron chi connectivity index (χ0n) is 17.2. The highest BCUT2D eigenvalue weighted by Gasteiger charge is 2.14. The molecule has 8 heteroatoms. The van der Waals surface area contributed by atoms with E-state index in [1.54, 1.807) is 24.3 Å². The average molecular weight is 433 g/mol. The van der Waals surface area contributed by atoms with E-state index < -0.39 is 23.6 Å². The van der Waals surface area contributed by atoms with Crippen LogP contribution in [0.15, 0.2) is 77.9 Å². The third-order valence-electron chi connectivity index (χ3n) is 4.39. The summed E-state index contributed by atoms with van der Waals surface area (Å²) in [6.45, 7) is 2.02. The number of hydrazone groups is 1. The molecule has 162 valence electrons. The Labute approximate surface area is 183 Å². The minimum Gasteiger partial charge on any atom is -0.423 e. The van der Waals surface area contributed by atoms with Crippen LogP contribution in [0.2, 0.25) is 0 Å². The van der Waals surface area contributed by atoms with Crippen LogP contribution in [0, 0.1) is 5.82 Å². The van der Waals surface area contributed by atoms with Crippen LogP contribution < -0.4 is 15.5 Å². The van der Waals surface area contributed by atoms with Crippen LogP contribution in [-0.2, 0) is 16.0 Å². The molecule has 0 saturated heterocycles. The van der Waals surface area contributed by atoms with Crippen molar-refractivity contribution >= 4 is 29.7 Å². The van der Waals surface area contributed by atoms with Gasteiger partial charge in [-0.1, -0.05) is 31.2 Å². The number of ether oxygens (including phenoxy) is 1. The van der Waals surface area contributed by atoms with Gasteiger partial charge in [0.15, 0.2) is 0 Å². The number of hydrogen-bond acceptors (Lipinski definition) is 5. The normalized spacial score (nSPS) is 10.6. The standard InChI is InChI=1S/C24H20FN3O4/c1-2-16-7-11-18(12-8-16)27-22(29)23(30)28-26-15-17-9-13-19(14-10-17)32-24(31)20-5-3-4-6-21(20)25/h3-15H,2H2,1H3,(H,27,29)(H,28,30)/b26-15+. The molecule has 0 aliphatic carbocycles. The summed E-state index contributed by atoms with van der Waals surface area (Å²) < 4.78 is 18.8. The second-order valence-corrected chi connectivity index (χ2v) is 6.64. The smallest absolute Gasteiger partial charge is 0.346 e. The van der Waals surface area contributed by atoms with Gasteiger partial charge in [0.2, 0.25) is 0 Å². The molecule has 3 rings (SSSR count). The third kappa shape index (κ3) is 6.09. The number of halogens is 1. The Kier molecular flexibility index (Phi) is 7.42. The van der Waals surface area contributed by atoms with Crippen molar-refractivity contribution in [2.45, 2.75) is 13.3 Å². The molecule has 0 spiro atoms. The zero-order valence-corrected chi connectivity index (χ0v) is 17.2. The summed E-state index contributed by atoms with van der Waals surface area (Å²) in [5.74, 6) is -3.03. The molecule has 3 aromatic rings. The van der Waals surface area contributed by atoms with Gasteiger partial charge in [-0.15, -0.1) is 0 Å². The van der Waals surface area contributed by atoms with E-state index in [1.165, 1.54) is 42.6 Å². The molecule has 2 amide bonds. The maximum atomic E-state index is 13.6. The summed E-state index contributed by atoms with van der Waals surface area (Å²) in [6, 6.07) is 18.8. The first-order valence-electron chi connectivity index (χ1n) is 9.76. The van der Waals surface area contributed by atoms with Crippen LogP contribution in [0.3, 0.4) is 0 Å². The molecule has 0 bridgehead atoms. The number of amides is 2. The number of carbonyl (C=O) groups excluding carboxylic acids is 3. The fraction of sp³-hybridized carbons (Fsp3) is 0.0833. The van der Waals surface area contributed by atoms with E-state index in [4.69, 9.17) is 4.74 Å². The SMILES string of the molecule is CCc1ccc(NC(=O)C(=O)N/N=C/c2ccc(OC(=O)c3ccccc3F)cc2)cc1. The van der Waals surface area contributed by atoms with E-state index in [0.717, 1.165) is 12.0 Å². The van der Waals surface area contributed by atoms with Crippen molar-refractivity contribution in [3.8, 4) is 5.75 Å². The summed E-state index contributed by atoms with van der Waals surface area (Å²) in [7, 11) is 0. The Morgan fingerprint density at radius 3 is 2.28 bits per heavy atom. The molecule has 0 aromatic heterocycles. The predicted octanol–water partition coefficient (Wildman–Crippen LogP) is 3.70. The van der Waals surface area contributed by atoms with E-state index in [9.17, 15) is 18.8 Å². The van der Waals surface area contributed by atoms with Gasteiger partial charge in [0.1, 0.15) is 11.6 Å². The Balaban J connectivity index is 1.50. The molecule has 0 saturated carbocycles. The molecule has 0 atom stereocenters. The number of esters is 1. The number of hydrogen-bond donors (Lipinski definition) is 2. The van der Waals surface area contributed by atoms with Gasteiger partial charge in [-0.3, -0.25) is 9.59 Å². The first-order chi connectivity index (χ1) is 15.5. The second kappa shape index (κ2) is 10.6. The Bertz CT molecular complexity index is 1140. The van der Waals surface area contributed by atoms with Crippen molar-refractivity contribution in [1.82, 2.24) is 5.43 Å². The molecular weight excluding hydrogens is 413 g/mol. The number of rotatable bonds is 6. The zero-order chi connectivity index (χ0) is 22.9. The maximum absolute atomic E-state index is 13.6. The number of nitrogens with one attached hydrogen (secondary N) is 2. The molecule has 0 radical (unpaired) electrons. The fourth-order valence-electron chi connectivity index (χ4n) is 2.64. The van der Waals surface area contributed by atoms with Gasteiger partial charge in [0, 0.05) is 5.69 Å². The number of carbonyl (C=O) groups is 3. The predicted molar refractivity (Wildman–Crippen MR) is 118 cm³/mol. The lowest BCUT2D eigenvalue weighted by Gasteiger charge is -2.05. The summed E-state index contributed by atoms with van der Waals surface area (Å²) in [5, 5.41) is 6.22. The van der Waals surface area contributed by atoms with E-state index >= 15 is 0 Å². The van der Waals surface area contributed by atoms with Crippen LogP contribution >= 0.6 is 0 Å². The Morgan fingerprint density at radius 2 is 1.62 bits per heavy atom. The van der Waals surface area contributed by atoms with Crippen LogP contribution in [0.25, 0.3) is 0 Å². The highest BCUT2D eigenvalue weighted by atomic mass is 19.1. The van der Waals surface area contributed by atoms with Gasteiger partial charge < -0.3 is 10.1 Å². The topological polar surface area (TPSA) is 96.9 Å². The van der Waals surface area contributed by atoms with E-state index in [-0.39, 0.29) is 11.3 Å². The first-order valence-corrected chi connectivity index (χ1v) is 9.76. The molecule has 0 aliphatic rings. The molecule has 0 aliphatic heterocycles. The first kappa shape index (κ1) is 22.4. The van der Waals surface area contributed by atoms with Crippen LogP contribution in [-0.4, -0.2) is 24.0 Å². The molecule has 32 heavy (non-hydrogen) atoms. The highest BCUT2D eigenvalue weighted by molar-refractivity contribution is 6.39. The fourth-order valence-corrected chi connectivity index (χ4v) is 2.64. The van der Waals surface area contributed by atoms with Crippen molar-refractivity contribution in [3.63, 3.8) is 0 Å². The van der Waals surface area contributed by atoms with E-state index in [1.807, 2.05) is 19.1 Å². The van der Waals surface area contributed by atoms with Gasteiger partial charge in [-0.05, 0) is 66.1 Å². The van der Waals surface area contributed by atoms with E-state index in [0.29, 0.717) is 11.3 Å². The van der Waals surface area contributed by atoms with Gasteiger partial charge >= 0.3 is 17.8 Å². The second-order valence-electron chi connectivity index (χ2n) is 6.64. The number of nitrogens with zero attached hydrogens (tertiary/aromatic N) is 1. The molecule has 0 fully saturated rings. The summed E-state index contributed by atoms with van der Waals surface area (Å²) in [6.07, 6.45) is 2.20. The van der Waals surface area contributed by atoms with Gasteiger partial charge in [-0.2, -0.15) is 5.10 Å². The summed E-state index contributed by atoms with van der Waals surface area (Å²) in [4.78, 5) is 35.8. The molecule has 3 aromatic carbocycles. The van der Waals surface area contributed by atoms with Crippen molar-refractivity contribution < 1.29 is 23.5 Å². The van der Waals surface area contributed by atoms with Gasteiger partial charge in [0.05, 0.1) is 11.8 Å². The van der Waals surface area contributed by atoms with Crippen LogP contribution in [0.5, 0.6) is 5.75 Å². The summed E-state index contributed by atoms with van der Waals surface area (Å²) in [5.41, 5.74) is 4.17. The molecule has 0 heterocycles. The lowest BCUT2D eigenvalue weighted by molar-refractivity contribution is -0.136. The van der Waals surface area contributed by atoms with Crippen molar-refractivity contribution in [2.24, 2.45) is 5.10 Å². The van der Waals surface area contributed by atoms with Crippen molar-refractivity contribution in [2.75, 3.05) is 5.32 Å². The third-order valence-corrected chi connectivity index (χ3v) is 4.39. The molecule has 7 nitrogen and oxygen atoms in total. The lowest BCUT2D eigenvalue weighted by Crippen LogP contribution is -2.32. The van der Waals surface area contributed by atoms with Crippen LogP contribution in [0.4, 0.5) is 10.1 Å².